The van der Waals surface area contributed by atoms with Gasteiger partial charge in [-0.15, -0.1) is 0 Å². The second-order valence-corrected chi connectivity index (χ2v) is 4.96. The maximum absolute atomic E-state index is 12.8. The van der Waals surface area contributed by atoms with Crippen LogP contribution in [0.1, 0.15) is 19.5 Å². The number of hydrogen-bond acceptors (Lipinski definition) is 4. The van der Waals surface area contributed by atoms with Gasteiger partial charge in [0.1, 0.15) is 11.6 Å². The molecule has 23 heavy (non-hydrogen) atoms. The average Bonchev–Trinajstić information content (AvgIpc) is 2.96. The Morgan fingerprint density at radius 1 is 1.39 bits per heavy atom. The summed E-state index contributed by atoms with van der Waals surface area (Å²) in [6.07, 6.45) is 6.48. The molecule has 0 unspecified atom stereocenters. The van der Waals surface area contributed by atoms with Crippen LogP contribution in [0.4, 0.5) is 10.2 Å². The number of fused-ring (bicyclic) bond motifs is 1. The molecule has 2 aromatic rings. The Labute approximate surface area is 134 Å². The Hall–Kier alpha value is -2.89. The molecular formula is C17H20FN5. The molecule has 0 saturated carbocycles. The second-order valence-electron chi connectivity index (χ2n) is 4.96. The summed E-state index contributed by atoms with van der Waals surface area (Å²) in [7, 11) is 1.80. The Balaban J connectivity index is 2.44. The zero-order valence-electron chi connectivity index (χ0n) is 13.5. The Kier molecular flexibility index (Phi) is 4.95. The molecule has 0 aromatic carbocycles. The van der Waals surface area contributed by atoms with Crippen molar-refractivity contribution in [2.75, 3.05) is 12.4 Å². The highest BCUT2D eigenvalue weighted by atomic mass is 19.1. The summed E-state index contributed by atoms with van der Waals surface area (Å²) in [5.41, 5.74) is 9.71. The summed E-state index contributed by atoms with van der Waals surface area (Å²) in [5, 5.41) is 7.48. The average molecular weight is 313 g/mol. The van der Waals surface area contributed by atoms with E-state index in [0.29, 0.717) is 11.3 Å². The fourth-order valence-electron chi connectivity index (χ4n) is 2.08. The van der Waals surface area contributed by atoms with Gasteiger partial charge in [0.15, 0.2) is 5.65 Å². The number of allylic oxidation sites excluding steroid dienone is 5. The number of aromatic nitrogens is 3. The predicted octanol–water partition coefficient (Wildman–Crippen LogP) is 3.45. The van der Waals surface area contributed by atoms with Gasteiger partial charge < -0.3 is 11.1 Å². The molecule has 0 saturated heterocycles. The maximum Gasteiger partial charge on any atom is 0.156 e. The van der Waals surface area contributed by atoms with E-state index in [9.17, 15) is 4.39 Å². The van der Waals surface area contributed by atoms with E-state index >= 15 is 0 Å². The van der Waals surface area contributed by atoms with E-state index in [1.807, 2.05) is 32.1 Å². The smallest absolute Gasteiger partial charge is 0.156 e. The van der Waals surface area contributed by atoms with Gasteiger partial charge in [0, 0.05) is 18.3 Å². The minimum absolute atomic E-state index is 0.521. The van der Waals surface area contributed by atoms with Crippen molar-refractivity contribution in [2.45, 2.75) is 13.8 Å². The molecule has 2 aromatic heterocycles. The standard InChI is InChI=1S/C17H20FN5/c1-5-13(7-6-11(2)18)17(19)12(3)14-8-9-16-21-15(20-4)10-23(16)22-14/h5-10,20H,2,19H2,1,3-4H3/b7-6-,13-5+,17-12+. The molecule has 0 amide bonds. The van der Waals surface area contributed by atoms with E-state index < -0.39 is 5.83 Å². The number of anilines is 1. The van der Waals surface area contributed by atoms with Crippen molar-refractivity contribution in [1.82, 2.24) is 14.6 Å². The van der Waals surface area contributed by atoms with Gasteiger partial charge in [-0.2, -0.15) is 5.10 Å². The molecule has 0 fully saturated rings. The number of nitrogens with one attached hydrogen (secondary N) is 1. The maximum atomic E-state index is 12.8. The summed E-state index contributed by atoms with van der Waals surface area (Å²) in [5.74, 6) is 0.218. The number of imidazole rings is 1. The molecular weight excluding hydrogens is 293 g/mol. The molecule has 3 N–H and O–H groups in total. The molecule has 2 heterocycles. The summed E-state index contributed by atoms with van der Waals surface area (Å²) in [6, 6.07) is 3.73. The quantitative estimate of drug-likeness (QED) is 0.830. The highest BCUT2D eigenvalue weighted by Crippen LogP contribution is 2.20. The van der Waals surface area contributed by atoms with Crippen molar-refractivity contribution in [2.24, 2.45) is 5.73 Å². The van der Waals surface area contributed by atoms with Gasteiger partial charge >= 0.3 is 0 Å². The number of halogens is 1. The molecule has 2 rings (SSSR count). The van der Waals surface area contributed by atoms with Crippen molar-refractivity contribution >= 4 is 17.0 Å². The number of nitrogens with zero attached hydrogens (tertiary/aromatic N) is 3. The lowest BCUT2D eigenvalue weighted by molar-refractivity contribution is 0.671. The lowest BCUT2D eigenvalue weighted by Gasteiger charge is -2.08. The van der Waals surface area contributed by atoms with E-state index in [4.69, 9.17) is 5.73 Å². The first-order valence-electron chi connectivity index (χ1n) is 7.16. The highest BCUT2D eigenvalue weighted by molar-refractivity contribution is 5.69. The van der Waals surface area contributed by atoms with Crippen LogP contribution < -0.4 is 11.1 Å². The Morgan fingerprint density at radius 3 is 2.74 bits per heavy atom. The van der Waals surface area contributed by atoms with Crippen LogP contribution >= 0.6 is 0 Å². The molecule has 5 nitrogen and oxygen atoms in total. The topological polar surface area (TPSA) is 68.2 Å². The van der Waals surface area contributed by atoms with Crippen molar-refractivity contribution < 1.29 is 4.39 Å². The van der Waals surface area contributed by atoms with Crippen LogP contribution in [-0.4, -0.2) is 21.6 Å². The summed E-state index contributed by atoms with van der Waals surface area (Å²) < 4.78 is 14.5. The van der Waals surface area contributed by atoms with Gasteiger partial charge in [0.2, 0.25) is 0 Å². The third-order valence-electron chi connectivity index (χ3n) is 3.43. The van der Waals surface area contributed by atoms with Gasteiger partial charge in [-0.25, -0.2) is 13.9 Å². The van der Waals surface area contributed by atoms with Crippen LogP contribution in [0, 0.1) is 0 Å². The predicted molar refractivity (Wildman–Crippen MR) is 92.5 cm³/mol. The van der Waals surface area contributed by atoms with Gasteiger partial charge in [0.05, 0.1) is 11.9 Å². The van der Waals surface area contributed by atoms with Crippen LogP contribution in [-0.2, 0) is 0 Å². The third-order valence-corrected chi connectivity index (χ3v) is 3.43. The van der Waals surface area contributed by atoms with Crippen LogP contribution in [0.5, 0.6) is 0 Å². The fourth-order valence-corrected chi connectivity index (χ4v) is 2.08. The largest absolute Gasteiger partial charge is 0.398 e. The lowest BCUT2D eigenvalue weighted by atomic mass is 10.0. The first-order chi connectivity index (χ1) is 11.0. The molecule has 0 aliphatic heterocycles. The van der Waals surface area contributed by atoms with Gasteiger partial charge in [-0.3, -0.25) is 0 Å². The first kappa shape index (κ1) is 16.5. The third kappa shape index (κ3) is 3.66. The van der Waals surface area contributed by atoms with E-state index in [1.165, 1.54) is 6.08 Å². The van der Waals surface area contributed by atoms with E-state index in [-0.39, 0.29) is 0 Å². The second kappa shape index (κ2) is 6.91. The molecule has 0 aliphatic rings. The minimum Gasteiger partial charge on any atom is -0.398 e. The van der Waals surface area contributed by atoms with Crippen molar-refractivity contribution in [3.8, 4) is 0 Å². The Morgan fingerprint density at radius 2 is 2.13 bits per heavy atom. The van der Waals surface area contributed by atoms with Crippen molar-refractivity contribution in [3.05, 3.63) is 65.9 Å². The van der Waals surface area contributed by atoms with Crippen LogP contribution in [0.25, 0.3) is 11.2 Å². The zero-order valence-corrected chi connectivity index (χ0v) is 13.5. The Bertz CT molecular complexity index is 827. The summed E-state index contributed by atoms with van der Waals surface area (Å²) in [6.45, 7) is 6.92. The minimum atomic E-state index is -0.521. The molecule has 120 valence electrons. The van der Waals surface area contributed by atoms with Gasteiger partial charge in [0.25, 0.3) is 0 Å². The fraction of sp³-hybridized carbons (Fsp3) is 0.176. The van der Waals surface area contributed by atoms with Crippen molar-refractivity contribution in [3.63, 3.8) is 0 Å². The van der Waals surface area contributed by atoms with E-state index in [0.717, 1.165) is 22.7 Å². The number of rotatable bonds is 5. The monoisotopic (exact) mass is 313 g/mol. The molecule has 0 atom stereocenters. The molecule has 0 bridgehead atoms. The van der Waals surface area contributed by atoms with Gasteiger partial charge in [-0.05, 0) is 37.6 Å². The number of nitrogens with two attached hydrogens (primary N) is 1. The van der Waals surface area contributed by atoms with Crippen molar-refractivity contribution in [1.29, 1.82) is 0 Å². The normalized spacial score (nSPS) is 13.5. The van der Waals surface area contributed by atoms with Crippen LogP contribution in [0.3, 0.4) is 0 Å². The molecule has 0 spiro atoms. The first-order valence-corrected chi connectivity index (χ1v) is 7.16. The SMILES string of the molecule is C=C(F)\C=C/C(=C\C)C(/N)=C(/C)c1ccc2nc(NC)cn2n1. The van der Waals surface area contributed by atoms with E-state index in [2.05, 4.69) is 22.0 Å². The molecule has 6 heteroatoms. The lowest BCUT2D eigenvalue weighted by Crippen LogP contribution is -2.05. The number of hydrogen-bond donors (Lipinski definition) is 2. The highest BCUT2D eigenvalue weighted by Gasteiger charge is 2.08. The molecule has 0 aliphatic carbocycles. The molecule has 0 radical (unpaired) electrons. The summed E-state index contributed by atoms with van der Waals surface area (Å²) >= 11 is 0. The van der Waals surface area contributed by atoms with E-state index in [1.54, 1.807) is 23.8 Å². The zero-order chi connectivity index (χ0) is 17.0. The van der Waals surface area contributed by atoms with Crippen LogP contribution in [0.15, 0.2) is 60.2 Å². The van der Waals surface area contributed by atoms with Gasteiger partial charge in [-0.1, -0.05) is 18.7 Å². The van der Waals surface area contributed by atoms with Crippen LogP contribution in [0.2, 0.25) is 0 Å². The summed E-state index contributed by atoms with van der Waals surface area (Å²) in [4.78, 5) is 4.34.